The van der Waals surface area contributed by atoms with E-state index in [1.165, 1.54) is 27.7 Å². The van der Waals surface area contributed by atoms with Crippen LogP contribution < -0.4 is 0 Å². The number of hydrogen-bond acceptors (Lipinski definition) is 14. The molecule has 4 aliphatic rings. The summed E-state index contributed by atoms with van der Waals surface area (Å²) in [5, 5.41) is 24.8. The van der Waals surface area contributed by atoms with Crippen molar-refractivity contribution in [1.29, 1.82) is 0 Å². The molecular formula is C31H42O14. The smallest absolute Gasteiger partial charge is 0.306 e. The molecule has 12 atom stereocenters. The molecule has 1 spiro atoms. The summed E-state index contributed by atoms with van der Waals surface area (Å²) >= 11 is 0. The van der Waals surface area contributed by atoms with Gasteiger partial charge in [-0.25, -0.2) is 0 Å². The van der Waals surface area contributed by atoms with Crippen molar-refractivity contribution in [2.75, 3.05) is 0 Å². The SMILES string of the molecule is C=C(C)[C@@]1(O)[C@H](OC(C)=O)[C@@H](OC(C)=O)C23[C@H](OC(=O)CC)C(C[C@H](O)[C@H]2[C@@]2(C)OC(=O)C[C@@H]21)[C@](C)(OC(C)=O)[C@@H]3OC(C)=O. The molecule has 4 rings (SSSR count). The van der Waals surface area contributed by atoms with Gasteiger partial charge in [-0.15, -0.1) is 0 Å². The maximum Gasteiger partial charge on any atom is 0.306 e. The third-order valence-electron chi connectivity index (χ3n) is 10.2. The Hall–Kier alpha value is -3.52. The van der Waals surface area contributed by atoms with Crippen molar-refractivity contribution in [1.82, 2.24) is 0 Å². The van der Waals surface area contributed by atoms with Gasteiger partial charge in [-0.3, -0.25) is 28.8 Å². The topological polar surface area (TPSA) is 198 Å². The molecule has 0 amide bonds. The van der Waals surface area contributed by atoms with E-state index in [0.717, 1.165) is 27.7 Å². The van der Waals surface area contributed by atoms with Crippen molar-refractivity contribution < 1.29 is 67.4 Å². The fourth-order valence-electron chi connectivity index (χ4n) is 9.02. The third-order valence-corrected chi connectivity index (χ3v) is 10.2. The summed E-state index contributed by atoms with van der Waals surface area (Å²) in [4.78, 5) is 77.6. The normalized spacial score (nSPS) is 43.0. The molecule has 3 saturated carbocycles. The van der Waals surface area contributed by atoms with E-state index in [1.54, 1.807) is 0 Å². The van der Waals surface area contributed by atoms with E-state index in [1.807, 2.05) is 0 Å². The van der Waals surface area contributed by atoms with Gasteiger partial charge in [0.05, 0.1) is 17.9 Å². The summed E-state index contributed by atoms with van der Waals surface area (Å²) in [7, 11) is 0. The Balaban J connectivity index is 2.27. The van der Waals surface area contributed by atoms with Crippen LogP contribution in [0.5, 0.6) is 0 Å². The van der Waals surface area contributed by atoms with Crippen molar-refractivity contribution in [3.8, 4) is 0 Å². The van der Waals surface area contributed by atoms with Crippen LogP contribution in [0.4, 0.5) is 0 Å². The van der Waals surface area contributed by atoms with Crippen LogP contribution in [0.15, 0.2) is 12.2 Å². The standard InChI is InChI=1S/C31H42O14/c1-10-21(37)43-24-18-11-19(36)23-29(9)20(12-22(38)45-29)31(39,13(2)3)26(41-15(5)33)25(40-14(4)32)30(23,24)27(42-16(6)34)28(18,8)44-17(7)35/h18-20,23-27,36,39H,2,10-12H2,1,3-9H3/t18?,19-,20-,23-,24+,25+,26+,27-,28-,29-,30?,31-/m0/s1. The van der Waals surface area contributed by atoms with Crippen LogP contribution in [0.2, 0.25) is 0 Å². The number of esters is 6. The number of hydrogen-bond donors (Lipinski definition) is 2. The molecular weight excluding hydrogens is 596 g/mol. The molecule has 1 saturated heterocycles. The van der Waals surface area contributed by atoms with Crippen molar-refractivity contribution in [3.63, 3.8) is 0 Å². The van der Waals surface area contributed by atoms with Gasteiger partial charge >= 0.3 is 35.8 Å². The minimum absolute atomic E-state index is 0.00611. The lowest BCUT2D eigenvalue weighted by Crippen LogP contribution is -2.69. The number of aliphatic hydroxyl groups excluding tert-OH is 1. The highest BCUT2D eigenvalue weighted by molar-refractivity contribution is 5.75. The number of fused-ring (bicyclic) bond motifs is 3. The Bertz CT molecular complexity index is 1320. The van der Waals surface area contributed by atoms with Crippen molar-refractivity contribution in [3.05, 3.63) is 12.2 Å². The maximum atomic E-state index is 13.2. The van der Waals surface area contributed by atoms with Gasteiger partial charge in [0.2, 0.25) is 0 Å². The predicted octanol–water partition coefficient (Wildman–Crippen LogP) is 1.06. The van der Waals surface area contributed by atoms with Gasteiger partial charge in [0.15, 0.2) is 23.9 Å². The van der Waals surface area contributed by atoms with Gasteiger partial charge in [-0.2, -0.15) is 0 Å². The first-order chi connectivity index (χ1) is 20.7. The molecule has 250 valence electrons. The van der Waals surface area contributed by atoms with Crippen LogP contribution in [-0.2, 0) is 57.2 Å². The number of carbonyl (C=O) groups is 6. The highest BCUT2D eigenvalue weighted by Crippen LogP contribution is 2.71. The molecule has 2 bridgehead atoms. The van der Waals surface area contributed by atoms with E-state index >= 15 is 0 Å². The Morgan fingerprint density at radius 1 is 0.889 bits per heavy atom. The summed E-state index contributed by atoms with van der Waals surface area (Å²) in [6.07, 6.45) is -9.18. The molecule has 0 aromatic rings. The van der Waals surface area contributed by atoms with Gasteiger partial charge in [-0.1, -0.05) is 13.5 Å². The molecule has 1 heterocycles. The average molecular weight is 639 g/mol. The zero-order chi connectivity index (χ0) is 34.0. The molecule has 3 aliphatic carbocycles. The van der Waals surface area contributed by atoms with Crippen LogP contribution in [0.25, 0.3) is 0 Å². The van der Waals surface area contributed by atoms with Crippen molar-refractivity contribution >= 4 is 35.8 Å². The molecule has 45 heavy (non-hydrogen) atoms. The molecule has 14 heteroatoms. The van der Waals surface area contributed by atoms with Gasteiger partial charge in [0.25, 0.3) is 0 Å². The lowest BCUT2D eigenvalue weighted by molar-refractivity contribution is -0.262. The minimum Gasteiger partial charge on any atom is -0.461 e. The fourth-order valence-corrected chi connectivity index (χ4v) is 9.02. The summed E-state index contributed by atoms with van der Waals surface area (Å²) in [5.74, 6) is -8.91. The van der Waals surface area contributed by atoms with Crippen molar-refractivity contribution in [2.24, 2.45) is 23.2 Å². The molecule has 4 fully saturated rings. The van der Waals surface area contributed by atoms with Crippen LogP contribution in [0.3, 0.4) is 0 Å². The quantitative estimate of drug-likeness (QED) is 0.228. The Morgan fingerprint density at radius 3 is 1.93 bits per heavy atom. The highest BCUT2D eigenvalue weighted by Gasteiger charge is 2.87. The number of ether oxygens (including phenoxy) is 6. The number of rotatable bonds is 7. The zero-order valence-corrected chi connectivity index (χ0v) is 26.7. The first-order valence-corrected chi connectivity index (χ1v) is 14.9. The van der Waals surface area contributed by atoms with E-state index in [-0.39, 0.29) is 18.4 Å². The van der Waals surface area contributed by atoms with E-state index in [9.17, 15) is 39.0 Å². The second kappa shape index (κ2) is 11.4. The van der Waals surface area contributed by atoms with E-state index < -0.39 is 113 Å². The Morgan fingerprint density at radius 2 is 1.44 bits per heavy atom. The van der Waals surface area contributed by atoms with Crippen molar-refractivity contribution in [2.45, 2.75) is 122 Å². The van der Waals surface area contributed by atoms with Gasteiger partial charge in [0, 0.05) is 51.9 Å². The molecule has 2 unspecified atom stereocenters. The second-order valence-electron chi connectivity index (χ2n) is 13.0. The first-order valence-electron chi connectivity index (χ1n) is 14.9. The summed E-state index contributed by atoms with van der Waals surface area (Å²) < 4.78 is 35.7. The largest absolute Gasteiger partial charge is 0.461 e. The average Bonchev–Trinajstić information content (AvgIpc) is 3.25. The molecule has 0 aromatic heterocycles. The predicted molar refractivity (Wildman–Crippen MR) is 149 cm³/mol. The summed E-state index contributed by atoms with van der Waals surface area (Å²) in [5.41, 5.74) is -8.26. The van der Waals surface area contributed by atoms with Gasteiger partial charge in [-0.05, 0) is 32.8 Å². The van der Waals surface area contributed by atoms with Gasteiger partial charge in [0.1, 0.15) is 17.3 Å². The number of carbonyl (C=O) groups excluding carboxylic acids is 6. The number of aliphatic hydroxyl groups is 2. The van der Waals surface area contributed by atoms with Crippen LogP contribution in [0.1, 0.15) is 74.7 Å². The van der Waals surface area contributed by atoms with E-state index in [2.05, 4.69) is 6.58 Å². The Kier molecular flexibility index (Phi) is 8.68. The van der Waals surface area contributed by atoms with Crippen LogP contribution >= 0.6 is 0 Å². The van der Waals surface area contributed by atoms with Gasteiger partial charge < -0.3 is 38.6 Å². The third kappa shape index (κ3) is 4.91. The monoisotopic (exact) mass is 638 g/mol. The Labute approximate surface area is 260 Å². The van der Waals surface area contributed by atoms with Crippen LogP contribution in [0, 0.1) is 23.2 Å². The maximum absolute atomic E-state index is 13.2. The molecule has 0 aromatic carbocycles. The molecule has 2 N–H and O–H groups in total. The molecule has 0 radical (unpaired) electrons. The lowest BCUT2D eigenvalue weighted by atomic mass is 9.54. The highest BCUT2D eigenvalue weighted by atomic mass is 16.6. The lowest BCUT2D eigenvalue weighted by Gasteiger charge is -2.55. The zero-order valence-electron chi connectivity index (χ0n) is 26.7. The minimum atomic E-state index is -2.37. The summed E-state index contributed by atoms with van der Waals surface area (Å²) in [6.45, 7) is 14.1. The van der Waals surface area contributed by atoms with E-state index in [4.69, 9.17) is 28.4 Å². The van der Waals surface area contributed by atoms with Crippen LogP contribution in [-0.4, -0.2) is 93.4 Å². The molecule has 1 aliphatic heterocycles. The fraction of sp³-hybridized carbons (Fsp3) is 0.742. The molecule has 14 nitrogen and oxygen atoms in total. The second-order valence-corrected chi connectivity index (χ2v) is 13.0. The first kappa shape index (κ1) is 34.4. The van der Waals surface area contributed by atoms with E-state index in [0.29, 0.717) is 0 Å². The summed E-state index contributed by atoms with van der Waals surface area (Å²) in [6, 6.07) is 0.